The second-order valence-electron chi connectivity index (χ2n) is 3.13. The van der Waals surface area contributed by atoms with Crippen molar-refractivity contribution < 1.29 is 19.1 Å². The van der Waals surface area contributed by atoms with Crippen LogP contribution in [0.25, 0.3) is 0 Å². The Bertz CT molecular complexity index is 208. The Morgan fingerprint density at radius 3 is 1.33 bits per heavy atom. The lowest BCUT2D eigenvalue weighted by molar-refractivity contribution is -0.139. The molecule has 0 saturated carbocycles. The molecule has 0 aromatic heterocycles. The van der Waals surface area contributed by atoms with Crippen molar-refractivity contribution in [3.05, 3.63) is 0 Å². The second-order valence-corrected chi connectivity index (χ2v) is 3.13. The van der Waals surface area contributed by atoms with E-state index in [-0.39, 0.29) is 31.4 Å². The first-order chi connectivity index (χ1) is 6.61. The molecule has 0 aliphatic carbocycles. The molecule has 2 aliphatic rings. The summed E-state index contributed by atoms with van der Waals surface area (Å²) in [5.74, 6) is -0.528. The fraction of sp³-hybridized carbons (Fsp3) is 0.778. The summed E-state index contributed by atoms with van der Waals surface area (Å²) in [7, 11) is 0. The van der Waals surface area contributed by atoms with E-state index in [1.165, 1.54) is 0 Å². The third kappa shape index (κ3) is 4.26. The van der Waals surface area contributed by atoms with Gasteiger partial charge in [0.15, 0.2) is 0 Å². The first kappa shape index (κ1) is 13.9. The Kier molecular flexibility index (Phi) is 5.88. The highest BCUT2D eigenvalue weighted by molar-refractivity contribution is 5.77. The lowest BCUT2D eigenvalue weighted by atomic mass is 10.3. The van der Waals surface area contributed by atoms with Gasteiger partial charge in [-0.1, -0.05) is 7.43 Å². The number of cyclic esters (lactones) is 2. The van der Waals surface area contributed by atoms with E-state index in [1.807, 2.05) is 0 Å². The van der Waals surface area contributed by atoms with Crippen LogP contribution in [0.1, 0.15) is 20.3 Å². The molecular formula is C9H18N2O4. The van der Waals surface area contributed by atoms with Gasteiger partial charge in [0.05, 0.1) is 13.2 Å². The standard InChI is InChI=1S/2C4H7NO2.CH4/c2*5-3-1-2-7-4(3)6;/h2*3H,1-2,5H2;1H4. The van der Waals surface area contributed by atoms with Crippen molar-refractivity contribution in [2.45, 2.75) is 32.4 Å². The molecule has 2 atom stereocenters. The summed E-state index contributed by atoms with van der Waals surface area (Å²) in [5.41, 5.74) is 10.4. The van der Waals surface area contributed by atoms with Crippen molar-refractivity contribution in [2.24, 2.45) is 11.5 Å². The molecule has 2 rings (SSSR count). The monoisotopic (exact) mass is 218 g/mol. The van der Waals surface area contributed by atoms with Gasteiger partial charge in [0.25, 0.3) is 0 Å². The minimum absolute atomic E-state index is 0. The molecule has 0 bridgehead atoms. The Morgan fingerprint density at radius 1 is 0.933 bits per heavy atom. The van der Waals surface area contributed by atoms with Gasteiger partial charge in [-0.25, -0.2) is 0 Å². The van der Waals surface area contributed by atoms with E-state index in [1.54, 1.807) is 0 Å². The molecule has 0 spiro atoms. The van der Waals surface area contributed by atoms with E-state index >= 15 is 0 Å². The van der Waals surface area contributed by atoms with Crippen molar-refractivity contribution in [3.63, 3.8) is 0 Å². The maximum absolute atomic E-state index is 10.2. The van der Waals surface area contributed by atoms with E-state index in [9.17, 15) is 9.59 Å². The summed E-state index contributed by atoms with van der Waals surface area (Å²) in [5, 5.41) is 0. The van der Waals surface area contributed by atoms with Crippen LogP contribution in [0.15, 0.2) is 0 Å². The van der Waals surface area contributed by atoms with Crippen molar-refractivity contribution in [3.8, 4) is 0 Å². The summed E-state index contributed by atoms with van der Waals surface area (Å²) < 4.78 is 9.00. The topological polar surface area (TPSA) is 105 Å². The zero-order chi connectivity index (χ0) is 10.6. The van der Waals surface area contributed by atoms with Gasteiger partial charge in [-0.15, -0.1) is 0 Å². The number of carbonyl (C=O) groups is 2. The summed E-state index contributed by atoms with van der Waals surface area (Å²) in [6.45, 7) is 1.00. The van der Waals surface area contributed by atoms with Crippen molar-refractivity contribution in [2.75, 3.05) is 13.2 Å². The number of esters is 2. The fourth-order valence-electron chi connectivity index (χ4n) is 1.02. The SMILES string of the molecule is C.NC1CCOC1=O.NC1CCOC1=O. The lowest BCUT2D eigenvalue weighted by Gasteiger charge is -1.89. The highest BCUT2D eigenvalue weighted by atomic mass is 16.5. The number of nitrogens with two attached hydrogens (primary N) is 2. The summed E-state index contributed by atoms with van der Waals surface area (Å²) in [6, 6.07) is -0.694. The number of carbonyl (C=O) groups excluding carboxylic acids is 2. The quantitative estimate of drug-likeness (QED) is 0.513. The predicted molar refractivity (Wildman–Crippen MR) is 53.8 cm³/mol. The largest absolute Gasteiger partial charge is 0.464 e. The van der Waals surface area contributed by atoms with Gasteiger partial charge in [0.2, 0.25) is 0 Å². The average Bonchev–Trinajstić information content (AvgIpc) is 2.67. The van der Waals surface area contributed by atoms with Gasteiger partial charge in [-0.2, -0.15) is 0 Å². The lowest BCUT2D eigenvalue weighted by Crippen LogP contribution is -2.24. The number of rotatable bonds is 0. The number of hydrogen-bond donors (Lipinski definition) is 2. The Hall–Kier alpha value is -1.14. The first-order valence-electron chi connectivity index (χ1n) is 4.45. The summed E-state index contributed by atoms with van der Waals surface area (Å²) in [6.07, 6.45) is 1.36. The van der Waals surface area contributed by atoms with E-state index in [2.05, 4.69) is 9.47 Å². The molecule has 4 N–H and O–H groups in total. The van der Waals surface area contributed by atoms with E-state index in [0.717, 1.165) is 0 Å². The Labute approximate surface area is 88.9 Å². The highest BCUT2D eigenvalue weighted by Gasteiger charge is 2.21. The molecule has 6 heteroatoms. The third-order valence-corrected chi connectivity index (χ3v) is 1.95. The van der Waals surface area contributed by atoms with Gasteiger partial charge in [0, 0.05) is 12.8 Å². The number of ether oxygens (including phenoxy) is 2. The molecule has 2 aliphatic heterocycles. The van der Waals surface area contributed by atoms with Crippen LogP contribution >= 0.6 is 0 Å². The Balaban J connectivity index is 0.000000245. The van der Waals surface area contributed by atoms with Gasteiger partial charge in [0.1, 0.15) is 12.1 Å². The Morgan fingerprint density at radius 2 is 1.27 bits per heavy atom. The van der Waals surface area contributed by atoms with Crippen LogP contribution < -0.4 is 11.5 Å². The predicted octanol–water partition coefficient (Wildman–Crippen LogP) is -0.843. The normalized spacial score (nSPS) is 28.4. The van der Waals surface area contributed by atoms with Crippen LogP contribution in [-0.4, -0.2) is 37.2 Å². The molecule has 2 fully saturated rings. The molecular weight excluding hydrogens is 200 g/mol. The molecule has 2 heterocycles. The molecule has 2 saturated heterocycles. The maximum atomic E-state index is 10.2. The minimum atomic E-state index is -0.347. The van der Waals surface area contributed by atoms with Crippen molar-refractivity contribution >= 4 is 11.9 Å². The molecule has 0 amide bonds. The fourth-order valence-corrected chi connectivity index (χ4v) is 1.02. The molecule has 15 heavy (non-hydrogen) atoms. The molecule has 0 aromatic rings. The van der Waals surface area contributed by atoms with Gasteiger partial charge in [-0.05, 0) is 0 Å². The van der Waals surface area contributed by atoms with Crippen LogP contribution in [0.4, 0.5) is 0 Å². The smallest absolute Gasteiger partial charge is 0.323 e. The van der Waals surface area contributed by atoms with Crippen molar-refractivity contribution in [1.82, 2.24) is 0 Å². The summed E-state index contributed by atoms with van der Waals surface area (Å²) >= 11 is 0. The molecule has 0 radical (unpaired) electrons. The number of hydrogen-bond acceptors (Lipinski definition) is 6. The van der Waals surface area contributed by atoms with E-state index in [0.29, 0.717) is 26.1 Å². The van der Waals surface area contributed by atoms with Gasteiger partial charge in [-0.3, -0.25) is 9.59 Å². The zero-order valence-electron chi connectivity index (χ0n) is 7.77. The second kappa shape index (κ2) is 6.36. The van der Waals surface area contributed by atoms with E-state index < -0.39 is 0 Å². The molecule has 0 aromatic carbocycles. The maximum Gasteiger partial charge on any atom is 0.323 e. The van der Waals surface area contributed by atoms with Crippen LogP contribution in [0.2, 0.25) is 0 Å². The minimum Gasteiger partial charge on any atom is -0.464 e. The zero-order valence-corrected chi connectivity index (χ0v) is 7.77. The average molecular weight is 218 g/mol. The molecule has 6 nitrogen and oxygen atoms in total. The van der Waals surface area contributed by atoms with Crippen LogP contribution in [0.3, 0.4) is 0 Å². The van der Waals surface area contributed by atoms with E-state index in [4.69, 9.17) is 11.5 Å². The van der Waals surface area contributed by atoms with Crippen LogP contribution in [0, 0.1) is 0 Å². The van der Waals surface area contributed by atoms with Crippen molar-refractivity contribution in [1.29, 1.82) is 0 Å². The third-order valence-electron chi connectivity index (χ3n) is 1.95. The van der Waals surface area contributed by atoms with Crippen LogP contribution in [-0.2, 0) is 19.1 Å². The van der Waals surface area contributed by atoms with Crippen LogP contribution in [0.5, 0.6) is 0 Å². The van der Waals surface area contributed by atoms with Gasteiger partial charge >= 0.3 is 11.9 Å². The molecule has 88 valence electrons. The first-order valence-corrected chi connectivity index (χ1v) is 4.45. The van der Waals surface area contributed by atoms with Gasteiger partial charge < -0.3 is 20.9 Å². The molecule has 2 unspecified atom stereocenters. The summed E-state index contributed by atoms with van der Waals surface area (Å²) in [4.78, 5) is 20.5. The highest BCUT2D eigenvalue weighted by Crippen LogP contribution is 2.01.